The first-order chi connectivity index (χ1) is 13.8. The average molecular weight is 459 g/mol. The van der Waals surface area contributed by atoms with Gasteiger partial charge in [-0.15, -0.1) is 0 Å². The summed E-state index contributed by atoms with van der Waals surface area (Å²) in [5, 5.41) is 0. The van der Waals surface area contributed by atoms with Crippen molar-refractivity contribution in [3.05, 3.63) is 57.3 Å². The maximum Gasteiger partial charge on any atom is 0.380 e. The number of esters is 1. The number of Topliss-reactive ketones (excluding diaryl/α,β-unsaturated/α-hetero) is 1. The highest BCUT2D eigenvalue weighted by Crippen LogP contribution is 2.38. The van der Waals surface area contributed by atoms with Gasteiger partial charge >= 0.3 is 5.97 Å². The second-order valence-corrected chi connectivity index (χ2v) is 8.57. The molecule has 1 saturated heterocycles. The maximum absolute atomic E-state index is 13.0. The van der Waals surface area contributed by atoms with Crippen molar-refractivity contribution in [3.63, 3.8) is 0 Å². The minimum absolute atomic E-state index is 0.339. The Morgan fingerprint density at radius 1 is 1.10 bits per heavy atom. The number of carbonyl (C=O) groups is 2. The lowest BCUT2D eigenvalue weighted by molar-refractivity contribution is -0.141. The predicted octanol–water partition coefficient (Wildman–Crippen LogP) is 4.98. The number of nitrogens with zero attached hydrogens (tertiary/aromatic N) is 2. The summed E-state index contributed by atoms with van der Waals surface area (Å²) in [5.74, 6) is -0.967. The second kappa shape index (κ2) is 9.08. The number of benzene rings is 1. The molecule has 2 aromatic rings. The van der Waals surface area contributed by atoms with E-state index in [-0.39, 0.29) is 6.10 Å². The van der Waals surface area contributed by atoms with E-state index in [1.807, 2.05) is 13.0 Å². The smallest absolute Gasteiger partial charge is 0.380 e. The molecule has 5 nitrogen and oxygen atoms in total. The maximum atomic E-state index is 13.0. The molecule has 1 aliphatic rings. The van der Waals surface area contributed by atoms with Crippen LogP contribution < -0.4 is 4.90 Å². The van der Waals surface area contributed by atoms with Crippen molar-refractivity contribution >= 4 is 33.4 Å². The molecule has 0 spiro atoms. The Morgan fingerprint density at radius 2 is 1.72 bits per heavy atom. The van der Waals surface area contributed by atoms with Crippen LogP contribution in [-0.4, -0.2) is 35.9 Å². The van der Waals surface area contributed by atoms with E-state index < -0.39 is 11.8 Å². The van der Waals surface area contributed by atoms with Crippen molar-refractivity contribution in [2.45, 2.75) is 52.6 Å². The number of aryl methyl sites for hydroxylation is 2. The van der Waals surface area contributed by atoms with Crippen molar-refractivity contribution in [1.29, 1.82) is 0 Å². The molecule has 1 aromatic heterocycles. The zero-order chi connectivity index (χ0) is 21.1. The summed E-state index contributed by atoms with van der Waals surface area (Å²) in [5.41, 5.74) is 3.80. The number of hydrogen-bond donors (Lipinski definition) is 0. The molecule has 0 N–H and O–H groups in total. The van der Waals surface area contributed by atoms with Gasteiger partial charge in [0.05, 0.1) is 33.2 Å². The van der Waals surface area contributed by atoms with E-state index in [0.29, 0.717) is 17.2 Å². The molecule has 0 bridgehead atoms. The third-order valence-corrected chi connectivity index (χ3v) is 6.25. The first kappa shape index (κ1) is 21.5. The van der Waals surface area contributed by atoms with E-state index in [2.05, 4.69) is 50.1 Å². The number of ether oxygens (including phenoxy) is 1. The zero-order valence-corrected chi connectivity index (χ0v) is 19.0. The molecule has 0 atom stereocenters. The molecular weight excluding hydrogens is 432 g/mol. The van der Waals surface area contributed by atoms with Crippen LogP contribution in [0.1, 0.15) is 59.9 Å². The molecule has 0 saturated carbocycles. The largest absolute Gasteiger partial charge is 0.457 e. The lowest BCUT2D eigenvalue weighted by Crippen LogP contribution is -2.35. The van der Waals surface area contributed by atoms with Gasteiger partial charge in [0.15, 0.2) is 0 Å². The summed E-state index contributed by atoms with van der Waals surface area (Å²) in [6.45, 7) is 8.75. The number of aromatic nitrogens is 1. The molecule has 2 heterocycles. The molecule has 6 heteroatoms. The Kier molecular flexibility index (Phi) is 6.73. The van der Waals surface area contributed by atoms with Crippen molar-refractivity contribution in [1.82, 2.24) is 4.98 Å². The highest BCUT2D eigenvalue weighted by atomic mass is 79.9. The van der Waals surface area contributed by atoms with Crippen molar-refractivity contribution in [2.24, 2.45) is 0 Å². The van der Waals surface area contributed by atoms with E-state index in [1.165, 1.54) is 5.56 Å². The van der Waals surface area contributed by atoms with Gasteiger partial charge in [0.25, 0.3) is 5.78 Å². The Morgan fingerprint density at radius 3 is 2.31 bits per heavy atom. The fourth-order valence-electron chi connectivity index (χ4n) is 3.91. The van der Waals surface area contributed by atoms with Crippen LogP contribution in [0.2, 0.25) is 0 Å². The van der Waals surface area contributed by atoms with Gasteiger partial charge in [-0.3, -0.25) is 9.78 Å². The van der Waals surface area contributed by atoms with Gasteiger partial charge < -0.3 is 9.64 Å². The normalized spacial score (nSPS) is 14.9. The number of piperidine rings is 1. The number of hydrogen-bond acceptors (Lipinski definition) is 5. The highest BCUT2D eigenvalue weighted by Gasteiger charge is 2.31. The van der Waals surface area contributed by atoms with E-state index in [1.54, 1.807) is 20.8 Å². The Bertz CT molecular complexity index is 904. The number of pyridine rings is 1. The number of rotatable bonds is 5. The number of ketones is 1. The zero-order valence-electron chi connectivity index (χ0n) is 17.4. The van der Waals surface area contributed by atoms with Crippen molar-refractivity contribution < 1.29 is 14.3 Å². The van der Waals surface area contributed by atoms with Gasteiger partial charge in [-0.2, -0.15) is 0 Å². The minimum atomic E-state index is -0.832. The lowest BCUT2D eigenvalue weighted by Gasteiger charge is -2.36. The fraction of sp³-hybridized carbons (Fsp3) is 0.435. The topological polar surface area (TPSA) is 59.5 Å². The van der Waals surface area contributed by atoms with Crippen LogP contribution in [0.3, 0.4) is 0 Å². The van der Waals surface area contributed by atoms with Crippen LogP contribution >= 0.6 is 15.9 Å². The summed E-state index contributed by atoms with van der Waals surface area (Å²) in [6, 6.07) is 10.5. The van der Waals surface area contributed by atoms with Crippen LogP contribution in [0.5, 0.6) is 0 Å². The Labute approximate surface area is 180 Å². The molecule has 0 amide bonds. The quantitative estimate of drug-likeness (QED) is 0.359. The highest BCUT2D eigenvalue weighted by molar-refractivity contribution is 9.10. The van der Waals surface area contributed by atoms with Gasteiger partial charge in [0.2, 0.25) is 0 Å². The third kappa shape index (κ3) is 4.69. The van der Waals surface area contributed by atoms with Gasteiger partial charge in [-0.05, 0) is 67.9 Å². The summed E-state index contributed by atoms with van der Waals surface area (Å²) in [4.78, 5) is 32.0. The Balaban J connectivity index is 1.91. The van der Waals surface area contributed by atoms with E-state index in [9.17, 15) is 9.59 Å². The summed E-state index contributed by atoms with van der Waals surface area (Å²) >= 11 is 3.62. The molecule has 0 radical (unpaired) electrons. The first-order valence-corrected chi connectivity index (χ1v) is 10.8. The monoisotopic (exact) mass is 458 g/mol. The molecule has 1 aliphatic heterocycles. The molecule has 1 aromatic carbocycles. The van der Waals surface area contributed by atoms with Gasteiger partial charge in [-0.25, -0.2) is 4.79 Å². The summed E-state index contributed by atoms with van der Waals surface area (Å²) < 4.78 is 5.92. The first-order valence-electron chi connectivity index (χ1n) is 10.0. The second-order valence-electron chi connectivity index (χ2n) is 7.78. The standard InChI is InChI=1S/C23H27BrN2O3/c1-14(2)29-23(28)22(27)19-15(3)25-16(4)20(24)21(19)26-12-10-18(11-13-26)17-8-6-5-7-9-17/h5-9,14,18H,10-13H2,1-4H3. The van der Waals surface area contributed by atoms with Gasteiger partial charge in [0, 0.05) is 13.1 Å². The molecule has 1 fully saturated rings. The van der Waals surface area contributed by atoms with Crippen LogP contribution in [0.25, 0.3) is 0 Å². The van der Waals surface area contributed by atoms with Crippen LogP contribution in [0.4, 0.5) is 5.69 Å². The molecule has 3 rings (SSSR count). The SMILES string of the molecule is Cc1nc(C)c(C(=O)C(=O)OC(C)C)c(N2CCC(c3ccccc3)CC2)c1Br. The molecule has 0 aliphatic carbocycles. The fourth-order valence-corrected chi connectivity index (χ4v) is 4.45. The van der Waals surface area contributed by atoms with Crippen LogP contribution in [-0.2, 0) is 9.53 Å². The molecular formula is C23H27BrN2O3. The van der Waals surface area contributed by atoms with Crippen molar-refractivity contribution in [2.75, 3.05) is 18.0 Å². The summed E-state index contributed by atoms with van der Waals surface area (Å²) in [6.07, 6.45) is 1.63. The van der Waals surface area contributed by atoms with E-state index >= 15 is 0 Å². The lowest BCUT2D eigenvalue weighted by atomic mass is 9.89. The van der Waals surface area contributed by atoms with E-state index in [4.69, 9.17) is 4.74 Å². The van der Waals surface area contributed by atoms with Gasteiger partial charge in [-0.1, -0.05) is 30.3 Å². The summed E-state index contributed by atoms with van der Waals surface area (Å²) in [7, 11) is 0. The molecule has 154 valence electrons. The molecule has 29 heavy (non-hydrogen) atoms. The third-order valence-electron chi connectivity index (χ3n) is 5.30. The molecule has 0 unspecified atom stereocenters. The average Bonchev–Trinajstić information content (AvgIpc) is 2.70. The number of anilines is 1. The predicted molar refractivity (Wildman–Crippen MR) is 118 cm³/mol. The number of carbonyl (C=O) groups excluding carboxylic acids is 2. The van der Waals surface area contributed by atoms with Gasteiger partial charge in [0.1, 0.15) is 0 Å². The minimum Gasteiger partial charge on any atom is -0.457 e. The van der Waals surface area contributed by atoms with Crippen LogP contribution in [0, 0.1) is 13.8 Å². The number of halogens is 1. The van der Waals surface area contributed by atoms with E-state index in [0.717, 1.165) is 41.8 Å². The van der Waals surface area contributed by atoms with Crippen LogP contribution in [0.15, 0.2) is 34.8 Å². The van der Waals surface area contributed by atoms with Crippen molar-refractivity contribution in [3.8, 4) is 0 Å². The Hall–Kier alpha value is -2.21.